The Morgan fingerprint density at radius 2 is 2.00 bits per heavy atom. The van der Waals surface area contributed by atoms with Gasteiger partial charge in [0.05, 0.1) is 5.75 Å². The Balaban J connectivity index is 1.42. The smallest absolute Gasteiger partial charge is 0.237 e. The molecule has 1 aliphatic rings. The summed E-state index contributed by atoms with van der Waals surface area (Å²) in [4.78, 5) is 14.8. The summed E-state index contributed by atoms with van der Waals surface area (Å²) in [5.41, 5.74) is 2.24. The molecule has 8 heteroatoms. The molecule has 0 atom stereocenters. The predicted molar refractivity (Wildman–Crippen MR) is 124 cm³/mol. The van der Waals surface area contributed by atoms with Gasteiger partial charge in [0.15, 0.2) is 11.0 Å². The highest BCUT2D eigenvalue weighted by Crippen LogP contribution is 2.28. The summed E-state index contributed by atoms with van der Waals surface area (Å²) >= 11 is 7.30. The van der Waals surface area contributed by atoms with E-state index in [1.807, 2.05) is 27.7 Å². The van der Waals surface area contributed by atoms with Crippen molar-refractivity contribution in [1.29, 1.82) is 0 Å². The number of para-hydroxylation sites is 1. The molecule has 0 aliphatic carbocycles. The van der Waals surface area contributed by atoms with Crippen molar-refractivity contribution in [3.8, 4) is 5.75 Å². The standard InChI is InChI=1S/C23H23ClN4O2S/c1-2-13-28-21(15-30-19-11-9-18(24)10-12-19)25-26-23(28)31-16-22(29)27-14-5-7-17-6-3-4-8-20(17)27/h2-4,6,8-12H,1,5,7,13-16H2. The first-order valence-electron chi connectivity index (χ1n) is 10.1. The number of benzene rings is 2. The van der Waals surface area contributed by atoms with Crippen LogP contribution in [0.3, 0.4) is 0 Å². The van der Waals surface area contributed by atoms with E-state index < -0.39 is 0 Å². The van der Waals surface area contributed by atoms with Crippen LogP contribution >= 0.6 is 23.4 Å². The first-order valence-corrected chi connectivity index (χ1v) is 11.4. The van der Waals surface area contributed by atoms with Gasteiger partial charge >= 0.3 is 0 Å². The van der Waals surface area contributed by atoms with E-state index in [1.165, 1.54) is 17.3 Å². The Kier molecular flexibility index (Phi) is 6.94. The van der Waals surface area contributed by atoms with E-state index in [1.54, 1.807) is 30.3 Å². The molecule has 3 aromatic rings. The normalized spacial score (nSPS) is 13.0. The Morgan fingerprint density at radius 3 is 2.81 bits per heavy atom. The van der Waals surface area contributed by atoms with Gasteiger partial charge in [-0.1, -0.05) is 47.6 Å². The number of hydrogen-bond acceptors (Lipinski definition) is 5. The van der Waals surface area contributed by atoms with Crippen molar-refractivity contribution in [1.82, 2.24) is 14.8 Å². The SMILES string of the molecule is C=CCn1c(COc2ccc(Cl)cc2)nnc1SCC(=O)N1CCCc2ccccc21. The van der Waals surface area contributed by atoms with Crippen LogP contribution in [-0.4, -0.2) is 33.0 Å². The molecule has 0 N–H and O–H groups in total. The average molecular weight is 455 g/mol. The van der Waals surface area contributed by atoms with Gasteiger partial charge in [0.2, 0.25) is 5.91 Å². The molecule has 6 nitrogen and oxygen atoms in total. The van der Waals surface area contributed by atoms with Crippen molar-refractivity contribution in [2.75, 3.05) is 17.2 Å². The van der Waals surface area contributed by atoms with Crippen LogP contribution in [0, 0.1) is 0 Å². The summed E-state index contributed by atoms with van der Waals surface area (Å²) in [6.07, 6.45) is 3.77. The maximum Gasteiger partial charge on any atom is 0.237 e. The average Bonchev–Trinajstić information content (AvgIpc) is 3.18. The van der Waals surface area contributed by atoms with Gasteiger partial charge in [-0.2, -0.15) is 0 Å². The third-order valence-electron chi connectivity index (χ3n) is 5.02. The number of anilines is 1. The van der Waals surface area contributed by atoms with Crippen molar-refractivity contribution < 1.29 is 9.53 Å². The predicted octanol–water partition coefficient (Wildman–Crippen LogP) is 4.77. The van der Waals surface area contributed by atoms with Gasteiger partial charge in [0.1, 0.15) is 12.4 Å². The number of aromatic nitrogens is 3. The molecule has 2 aromatic carbocycles. The van der Waals surface area contributed by atoms with Gasteiger partial charge in [0.25, 0.3) is 0 Å². The maximum atomic E-state index is 12.9. The van der Waals surface area contributed by atoms with Crippen molar-refractivity contribution in [2.24, 2.45) is 0 Å². The van der Waals surface area contributed by atoms with Crippen LogP contribution < -0.4 is 9.64 Å². The Bertz CT molecular complexity index is 1070. The molecule has 0 bridgehead atoms. The fourth-order valence-electron chi connectivity index (χ4n) is 3.52. The summed E-state index contributed by atoms with van der Waals surface area (Å²) in [5, 5.41) is 9.87. The highest BCUT2D eigenvalue weighted by atomic mass is 35.5. The number of halogens is 1. The third-order valence-corrected chi connectivity index (χ3v) is 6.23. The van der Waals surface area contributed by atoms with Crippen LogP contribution in [-0.2, 0) is 24.4 Å². The lowest BCUT2D eigenvalue weighted by atomic mass is 10.0. The number of allylic oxidation sites excluding steroid dienone is 1. The monoisotopic (exact) mass is 454 g/mol. The number of carbonyl (C=O) groups excluding carboxylic acids is 1. The minimum Gasteiger partial charge on any atom is -0.486 e. The van der Waals surface area contributed by atoms with Crippen LogP contribution in [0.5, 0.6) is 5.75 Å². The molecular formula is C23H23ClN4O2S. The number of aryl methyl sites for hydroxylation is 1. The van der Waals surface area contributed by atoms with Gasteiger partial charge in [-0.3, -0.25) is 9.36 Å². The molecule has 1 aromatic heterocycles. The minimum absolute atomic E-state index is 0.0734. The molecule has 4 rings (SSSR count). The molecule has 0 saturated heterocycles. The summed E-state index contributed by atoms with van der Waals surface area (Å²) in [6.45, 7) is 5.37. The number of thioether (sulfide) groups is 1. The zero-order valence-electron chi connectivity index (χ0n) is 17.0. The minimum atomic E-state index is 0.0734. The highest BCUT2D eigenvalue weighted by molar-refractivity contribution is 7.99. The number of fused-ring (bicyclic) bond motifs is 1. The largest absolute Gasteiger partial charge is 0.486 e. The lowest BCUT2D eigenvalue weighted by Gasteiger charge is -2.29. The van der Waals surface area contributed by atoms with Crippen LogP contribution in [0.2, 0.25) is 5.02 Å². The summed E-state index contributed by atoms with van der Waals surface area (Å²) < 4.78 is 7.73. The molecule has 0 spiro atoms. The molecule has 2 heterocycles. The topological polar surface area (TPSA) is 60.2 Å². The van der Waals surface area contributed by atoms with E-state index in [0.29, 0.717) is 34.1 Å². The number of amides is 1. The van der Waals surface area contributed by atoms with Gasteiger partial charge in [-0.25, -0.2) is 0 Å². The molecule has 31 heavy (non-hydrogen) atoms. The Morgan fingerprint density at radius 1 is 1.19 bits per heavy atom. The van der Waals surface area contributed by atoms with Gasteiger partial charge < -0.3 is 9.64 Å². The molecular weight excluding hydrogens is 432 g/mol. The van der Waals surface area contributed by atoms with Crippen LogP contribution in [0.15, 0.2) is 66.3 Å². The molecule has 0 fully saturated rings. The zero-order chi connectivity index (χ0) is 21.6. The second-order valence-electron chi connectivity index (χ2n) is 7.11. The zero-order valence-corrected chi connectivity index (χ0v) is 18.6. The third kappa shape index (κ3) is 5.11. The fourth-order valence-corrected chi connectivity index (χ4v) is 4.49. The first kappa shape index (κ1) is 21.5. The molecule has 160 valence electrons. The van der Waals surface area contributed by atoms with Crippen molar-refractivity contribution >= 4 is 35.0 Å². The second-order valence-corrected chi connectivity index (χ2v) is 8.49. The summed E-state index contributed by atoms with van der Waals surface area (Å²) in [5.74, 6) is 1.74. The van der Waals surface area contributed by atoms with E-state index in [0.717, 1.165) is 25.1 Å². The fraction of sp³-hybridized carbons (Fsp3) is 0.261. The number of rotatable bonds is 8. The second kappa shape index (κ2) is 10.0. The van der Waals surface area contributed by atoms with Crippen LogP contribution in [0.1, 0.15) is 17.8 Å². The van der Waals surface area contributed by atoms with Crippen molar-refractivity contribution in [3.63, 3.8) is 0 Å². The van der Waals surface area contributed by atoms with Crippen LogP contribution in [0.4, 0.5) is 5.69 Å². The van der Waals surface area contributed by atoms with Crippen molar-refractivity contribution in [3.05, 3.63) is 77.6 Å². The van der Waals surface area contributed by atoms with E-state index in [4.69, 9.17) is 16.3 Å². The molecule has 0 saturated carbocycles. The lowest BCUT2D eigenvalue weighted by molar-refractivity contribution is -0.116. The number of nitrogens with zero attached hydrogens (tertiary/aromatic N) is 4. The van der Waals surface area contributed by atoms with Crippen LogP contribution in [0.25, 0.3) is 0 Å². The molecule has 1 amide bonds. The van der Waals surface area contributed by atoms with E-state index in [-0.39, 0.29) is 12.5 Å². The van der Waals surface area contributed by atoms with E-state index >= 15 is 0 Å². The Hall–Kier alpha value is -2.77. The molecule has 1 aliphatic heterocycles. The highest BCUT2D eigenvalue weighted by Gasteiger charge is 2.23. The number of carbonyl (C=O) groups is 1. The summed E-state index contributed by atoms with van der Waals surface area (Å²) in [6, 6.07) is 15.3. The van der Waals surface area contributed by atoms with Gasteiger partial charge in [0, 0.05) is 23.8 Å². The van der Waals surface area contributed by atoms with E-state index in [9.17, 15) is 4.79 Å². The van der Waals surface area contributed by atoms with Gasteiger partial charge in [-0.15, -0.1) is 16.8 Å². The molecule has 0 unspecified atom stereocenters. The van der Waals surface area contributed by atoms with Gasteiger partial charge in [-0.05, 0) is 48.7 Å². The maximum absolute atomic E-state index is 12.9. The quantitative estimate of drug-likeness (QED) is 0.362. The number of ether oxygens (including phenoxy) is 1. The lowest BCUT2D eigenvalue weighted by Crippen LogP contribution is -2.36. The first-order chi connectivity index (χ1) is 15.2. The Labute approximate surface area is 190 Å². The van der Waals surface area contributed by atoms with E-state index in [2.05, 4.69) is 22.8 Å². The van der Waals surface area contributed by atoms with Crippen molar-refractivity contribution in [2.45, 2.75) is 31.1 Å². The molecule has 0 radical (unpaired) electrons. The summed E-state index contributed by atoms with van der Waals surface area (Å²) in [7, 11) is 0. The number of hydrogen-bond donors (Lipinski definition) is 0.